The van der Waals surface area contributed by atoms with E-state index in [4.69, 9.17) is 4.98 Å². The van der Waals surface area contributed by atoms with E-state index < -0.39 is 0 Å². The Balaban J connectivity index is 1.45. The van der Waals surface area contributed by atoms with Crippen molar-refractivity contribution in [1.82, 2.24) is 19.3 Å². The number of rotatable bonds is 7. The number of unbranched alkanes of at least 4 members (excludes halogenated alkanes) is 1. The van der Waals surface area contributed by atoms with Crippen molar-refractivity contribution in [3.05, 3.63) is 77.0 Å². The Kier molecular flexibility index (Phi) is 6.19. The van der Waals surface area contributed by atoms with E-state index in [9.17, 15) is 14.0 Å². The molecule has 0 fully saturated rings. The SMILES string of the molecule is CCCCN(C(=O)CC1CSc2nc3c(cnn3-c3ccc(F)cc3)c(=O)n21)c1ccccc1. The molecule has 2 aromatic carbocycles. The van der Waals surface area contributed by atoms with Gasteiger partial charge in [-0.2, -0.15) is 5.10 Å². The minimum absolute atomic E-state index is 0.00731. The number of hydrogen-bond donors (Lipinski definition) is 0. The summed E-state index contributed by atoms with van der Waals surface area (Å²) in [4.78, 5) is 33.2. The molecule has 1 aliphatic rings. The average molecular weight is 478 g/mol. The molecule has 7 nitrogen and oxygen atoms in total. The molecule has 5 rings (SSSR count). The highest BCUT2D eigenvalue weighted by molar-refractivity contribution is 7.99. The zero-order chi connectivity index (χ0) is 23.7. The van der Waals surface area contributed by atoms with E-state index >= 15 is 0 Å². The minimum Gasteiger partial charge on any atom is -0.312 e. The van der Waals surface area contributed by atoms with Gasteiger partial charge in [-0.1, -0.05) is 43.3 Å². The van der Waals surface area contributed by atoms with E-state index in [0.29, 0.717) is 34.2 Å². The van der Waals surface area contributed by atoms with Gasteiger partial charge in [-0.3, -0.25) is 14.2 Å². The molecule has 0 saturated heterocycles. The van der Waals surface area contributed by atoms with Crippen molar-refractivity contribution in [2.24, 2.45) is 0 Å². The van der Waals surface area contributed by atoms with Gasteiger partial charge in [0.15, 0.2) is 10.8 Å². The Morgan fingerprint density at radius 3 is 2.68 bits per heavy atom. The Morgan fingerprint density at radius 2 is 1.94 bits per heavy atom. The lowest BCUT2D eigenvalue weighted by molar-refractivity contribution is -0.119. The summed E-state index contributed by atoms with van der Waals surface area (Å²) in [6.07, 6.45) is 3.60. The summed E-state index contributed by atoms with van der Waals surface area (Å²) in [6, 6.07) is 15.2. The fourth-order valence-corrected chi connectivity index (χ4v) is 5.32. The number of thioether (sulfide) groups is 1. The van der Waals surface area contributed by atoms with Crippen LogP contribution in [0.15, 0.2) is 70.7 Å². The van der Waals surface area contributed by atoms with Crippen molar-refractivity contribution in [3.63, 3.8) is 0 Å². The molecular weight excluding hydrogens is 453 g/mol. The van der Waals surface area contributed by atoms with Gasteiger partial charge in [-0.25, -0.2) is 14.1 Å². The Morgan fingerprint density at radius 1 is 1.18 bits per heavy atom. The highest BCUT2D eigenvalue weighted by Crippen LogP contribution is 2.34. The van der Waals surface area contributed by atoms with Gasteiger partial charge < -0.3 is 4.90 Å². The number of carbonyl (C=O) groups is 1. The predicted octanol–water partition coefficient (Wildman–Crippen LogP) is 4.59. The average Bonchev–Trinajstić information content (AvgIpc) is 3.46. The number of hydrogen-bond acceptors (Lipinski definition) is 5. The van der Waals surface area contributed by atoms with Crippen LogP contribution in [0.5, 0.6) is 0 Å². The summed E-state index contributed by atoms with van der Waals surface area (Å²) in [5.41, 5.74) is 1.71. The summed E-state index contributed by atoms with van der Waals surface area (Å²) in [7, 11) is 0. The topological polar surface area (TPSA) is 73.0 Å². The standard InChI is InChI=1S/C25H24FN5O2S/c1-2-3-13-29(18-7-5-4-6-8-18)22(32)14-20-16-34-25-28-23-21(24(33)30(20)25)15-27-31(23)19-11-9-17(26)10-12-19/h4-12,15,20H,2-3,13-14,16H2,1H3. The van der Waals surface area contributed by atoms with E-state index in [1.165, 1.54) is 34.8 Å². The van der Waals surface area contributed by atoms with Gasteiger partial charge >= 0.3 is 0 Å². The van der Waals surface area contributed by atoms with E-state index in [0.717, 1.165) is 18.5 Å². The van der Waals surface area contributed by atoms with Crippen LogP contribution in [0.1, 0.15) is 32.2 Å². The molecule has 9 heteroatoms. The Labute approximate surface area is 200 Å². The Bertz CT molecular complexity index is 1380. The molecule has 1 unspecified atom stereocenters. The highest BCUT2D eigenvalue weighted by atomic mass is 32.2. The maximum atomic E-state index is 13.4. The summed E-state index contributed by atoms with van der Waals surface area (Å²) >= 11 is 1.46. The smallest absolute Gasteiger partial charge is 0.265 e. The maximum absolute atomic E-state index is 13.4. The molecule has 1 amide bonds. The van der Waals surface area contributed by atoms with Crippen LogP contribution in [0.4, 0.5) is 10.1 Å². The second-order valence-electron chi connectivity index (χ2n) is 8.24. The lowest BCUT2D eigenvalue weighted by Gasteiger charge is -2.24. The number of anilines is 1. The van der Waals surface area contributed by atoms with Crippen LogP contribution in [-0.4, -0.2) is 37.5 Å². The van der Waals surface area contributed by atoms with Crippen LogP contribution in [-0.2, 0) is 4.79 Å². The van der Waals surface area contributed by atoms with Crippen molar-refractivity contribution in [1.29, 1.82) is 0 Å². The molecule has 4 aromatic rings. The predicted molar refractivity (Wildman–Crippen MR) is 131 cm³/mol. The molecule has 1 aliphatic heterocycles. The third-order valence-electron chi connectivity index (χ3n) is 5.96. The molecule has 0 N–H and O–H groups in total. The molecule has 0 spiro atoms. The van der Waals surface area contributed by atoms with E-state index in [1.54, 1.807) is 16.7 Å². The quantitative estimate of drug-likeness (QED) is 0.364. The number of para-hydroxylation sites is 1. The lowest BCUT2D eigenvalue weighted by Crippen LogP contribution is -2.35. The fraction of sp³-hybridized carbons (Fsp3) is 0.280. The number of amides is 1. The largest absolute Gasteiger partial charge is 0.312 e. The third kappa shape index (κ3) is 4.11. The molecule has 0 radical (unpaired) electrons. The number of fused-ring (bicyclic) bond motifs is 2. The summed E-state index contributed by atoms with van der Waals surface area (Å²) in [5.74, 6) is 0.244. The van der Waals surface area contributed by atoms with Crippen molar-refractivity contribution in [3.8, 4) is 5.69 Å². The molecule has 0 bridgehead atoms. The van der Waals surface area contributed by atoms with Crippen LogP contribution in [0.25, 0.3) is 16.7 Å². The molecule has 3 heterocycles. The van der Waals surface area contributed by atoms with Crippen molar-refractivity contribution in [2.45, 2.75) is 37.4 Å². The van der Waals surface area contributed by atoms with Crippen molar-refractivity contribution >= 4 is 34.4 Å². The van der Waals surface area contributed by atoms with Gasteiger partial charge in [-0.15, -0.1) is 0 Å². The van der Waals surface area contributed by atoms with Crippen LogP contribution < -0.4 is 10.5 Å². The molecular formula is C25H24FN5O2S. The maximum Gasteiger partial charge on any atom is 0.265 e. The van der Waals surface area contributed by atoms with E-state index in [2.05, 4.69) is 12.0 Å². The number of nitrogens with zero attached hydrogens (tertiary/aromatic N) is 5. The van der Waals surface area contributed by atoms with Gasteiger partial charge in [0.25, 0.3) is 5.56 Å². The first-order valence-electron chi connectivity index (χ1n) is 11.3. The first-order chi connectivity index (χ1) is 16.6. The summed E-state index contributed by atoms with van der Waals surface area (Å²) in [5, 5.41) is 5.26. The highest BCUT2D eigenvalue weighted by Gasteiger charge is 2.31. The van der Waals surface area contributed by atoms with Gasteiger partial charge in [0.05, 0.1) is 17.9 Å². The zero-order valence-electron chi connectivity index (χ0n) is 18.7. The first-order valence-corrected chi connectivity index (χ1v) is 12.3. The number of aromatic nitrogens is 4. The molecule has 174 valence electrons. The van der Waals surface area contributed by atoms with Gasteiger partial charge in [0.2, 0.25) is 5.91 Å². The van der Waals surface area contributed by atoms with Gasteiger partial charge in [0, 0.05) is 24.4 Å². The van der Waals surface area contributed by atoms with Crippen LogP contribution >= 0.6 is 11.8 Å². The molecule has 2 aromatic heterocycles. The van der Waals surface area contributed by atoms with Crippen molar-refractivity contribution in [2.75, 3.05) is 17.2 Å². The van der Waals surface area contributed by atoms with E-state index in [1.807, 2.05) is 35.2 Å². The molecule has 34 heavy (non-hydrogen) atoms. The zero-order valence-corrected chi connectivity index (χ0v) is 19.5. The summed E-state index contributed by atoms with van der Waals surface area (Å²) < 4.78 is 16.5. The molecule has 0 saturated carbocycles. The van der Waals surface area contributed by atoms with Gasteiger partial charge in [-0.05, 0) is 42.8 Å². The fourth-order valence-electron chi connectivity index (χ4n) is 4.19. The molecule has 0 aliphatic carbocycles. The minimum atomic E-state index is -0.347. The normalized spacial score (nSPS) is 14.9. The van der Waals surface area contributed by atoms with Crippen LogP contribution in [0.2, 0.25) is 0 Å². The van der Waals surface area contributed by atoms with Crippen molar-refractivity contribution < 1.29 is 9.18 Å². The monoisotopic (exact) mass is 477 g/mol. The van der Waals surface area contributed by atoms with Gasteiger partial charge in [0.1, 0.15) is 11.2 Å². The third-order valence-corrected chi connectivity index (χ3v) is 7.05. The summed E-state index contributed by atoms with van der Waals surface area (Å²) in [6.45, 7) is 2.74. The number of benzene rings is 2. The Hall–Kier alpha value is -3.46. The van der Waals surface area contributed by atoms with Crippen LogP contribution in [0, 0.1) is 5.82 Å². The number of carbonyl (C=O) groups excluding carboxylic acids is 1. The first kappa shape index (κ1) is 22.3. The molecule has 1 atom stereocenters. The second-order valence-corrected chi connectivity index (χ2v) is 9.23. The number of halogens is 1. The second kappa shape index (κ2) is 9.42. The van der Waals surface area contributed by atoms with Crippen LogP contribution in [0.3, 0.4) is 0 Å². The lowest BCUT2D eigenvalue weighted by atomic mass is 10.1. The van der Waals surface area contributed by atoms with E-state index in [-0.39, 0.29) is 29.7 Å².